The molecule has 1 N–H and O–H groups in total. The Morgan fingerprint density at radius 2 is 2.07 bits per heavy atom. The monoisotopic (exact) mass is 227 g/mol. The van der Waals surface area contributed by atoms with Crippen molar-refractivity contribution in [2.75, 3.05) is 21.1 Å². The van der Waals surface area contributed by atoms with Gasteiger partial charge in [-0.1, -0.05) is 13.8 Å². The lowest BCUT2D eigenvalue weighted by Gasteiger charge is -2.05. The van der Waals surface area contributed by atoms with Crippen molar-refractivity contribution in [2.45, 2.75) is 32.9 Å². The second-order valence-corrected chi connectivity index (χ2v) is 5.51. The summed E-state index contributed by atoms with van der Waals surface area (Å²) in [6.45, 7) is 6.27. The van der Waals surface area contributed by atoms with Crippen LogP contribution in [0.2, 0.25) is 0 Å². The van der Waals surface area contributed by atoms with Crippen molar-refractivity contribution < 1.29 is 0 Å². The highest BCUT2D eigenvalue weighted by Gasteiger charge is 2.13. The Bertz CT molecular complexity index is 305. The van der Waals surface area contributed by atoms with Crippen molar-refractivity contribution in [1.29, 1.82) is 0 Å². The third-order valence-corrected chi connectivity index (χ3v) is 3.16. The van der Waals surface area contributed by atoms with Crippen LogP contribution in [-0.2, 0) is 13.1 Å². The van der Waals surface area contributed by atoms with Gasteiger partial charge in [-0.2, -0.15) is 0 Å². The molecule has 15 heavy (non-hydrogen) atoms. The fourth-order valence-electron chi connectivity index (χ4n) is 1.49. The quantitative estimate of drug-likeness (QED) is 0.834. The van der Waals surface area contributed by atoms with Crippen LogP contribution in [0.4, 0.5) is 0 Å². The molecule has 0 atom stereocenters. The first kappa shape index (κ1) is 12.6. The van der Waals surface area contributed by atoms with Gasteiger partial charge < -0.3 is 10.2 Å². The number of nitrogens with one attached hydrogen (secondary N) is 1. The molecule has 0 aliphatic heterocycles. The Hall–Kier alpha value is -0.450. The van der Waals surface area contributed by atoms with Crippen molar-refractivity contribution in [3.05, 3.63) is 15.6 Å². The summed E-state index contributed by atoms with van der Waals surface area (Å²) >= 11 is 1.83. The molecule has 0 amide bonds. The highest BCUT2D eigenvalue weighted by atomic mass is 32.1. The van der Waals surface area contributed by atoms with E-state index in [-0.39, 0.29) is 0 Å². The first-order chi connectivity index (χ1) is 7.04. The smallest absolute Gasteiger partial charge is 0.107 e. The van der Waals surface area contributed by atoms with Crippen LogP contribution in [0.5, 0.6) is 0 Å². The number of aromatic nitrogens is 1. The Morgan fingerprint density at radius 3 is 2.53 bits per heavy atom. The fourth-order valence-corrected chi connectivity index (χ4v) is 2.84. The Balaban J connectivity index is 2.88. The standard InChI is InChI=1S/C11H21N3S/c1-8(2)11-9(6-12-3)15-10(13-11)7-14(4)5/h8,12H,6-7H2,1-5H3. The molecule has 0 radical (unpaired) electrons. The molecule has 1 heterocycles. The van der Waals surface area contributed by atoms with E-state index in [1.54, 1.807) is 0 Å². The molecule has 0 fully saturated rings. The van der Waals surface area contributed by atoms with Gasteiger partial charge in [0.2, 0.25) is 0 Å². The number of hydrogen-bond acceptors (Lipinski definition) is 4. The number of rotatable bonds is 5. The normalized spacial score (nSPS) is 11.7. The predicted octanol–water partition coefficient (Wildman–Crippen LogP) is 2.05. The van der Waals surface area contributed by atoms with Crippen molar-refractivity contribution in [1.82, 2.24) is 15.2 Å². The van der Waals surface area contributed by atoms with Crippen LogP contribution in [-0.4, -0.2) is 31.0 Å². The largest absolute Gasteiger partial charge is 0.315 e. The van der Waals surface area contributed by atoms with Crippen molar-refractivity contribution in [2.24, 2.45) is 0 Å². The zero-order valence-electron chi connectivity index (χ0n) is 10.3. The first-order valence-corrected chi connectivity index (χ1v) is 6.14. The molecule has 3 nitrogen and oxygen atoms in total. The van der Waals surface area contributed by atoms with Crippen LogP contribution < -0.4 is 5.32 Å². The lowest BCUT2D eigenvalue weighted by molar-refractivity contribution is 0.401. The maximum Gasteiger partial charge on any atom is 0.107 e. The SMILES string of the molecule is CNCc1sc(CN(C)C)nc1C(C)C. The van der Waals surface area contributed by atoms with Gasteiger partial charge in [-0.05, 0) is 27.1 Å². The number of nitrogens with zero attached hydrogens (tertiary/aromatic N) is 2. The minimum Gasteiger partial charge on any atom is -0.315 e. The van der Waals surface area contributed by atoms with Gasteiger partial charge >= 0.3 is 0 Å². The summed E-state index contributed by atoms with van der Waals surface area (Å²) in [6.07, 6.45) is 0. The van der Waals surface area contributed by atoms with Gasteiger partial charge in [0.1, 0.15) is 5.01 Å². The lowest BCUT2D eigenvalue weighted by Crippen LogP contribution is -2.10. The summed E-state index contributed by atoms with van der Waals surface area (Å²) in [5.74, 6) is 0.514. The first-order valence-electron chi connectivity index (χ1n) is 5.32. The van der Waals surface area contributed by atoms with Gasteiger partial charge in [0, 0.05) is 18.0 Å². The summed E-state index contributed by atoms with van der Waals surface area (Å²) in [5.41, 5.74) is 1.26. The van der Waals surface area contributed by atoms with Crippen molar-refractivity contribution >= 4 is 11.3 Å². The molecule has 0 aliphatic rings. The molecule has 0 spiro atoms. The molecule has 0 saturated heterocycles. The Labute approximate surface area is 96.5 Å². The molecule has 1 aromatic heterocycles. The number of hydrogen-bond donors (Lipinski definition) is 1. The summed E-state index contributed by atoms with van der Waals surface area (Å²) in [5, 5.41) is 4.42. The molecule has 4 heteroatoms. The van der Waals surface area contributed by atoms with E-state index < -0.39 is 0 Å². The van der Waals surface area contributed by atoms with E-state index in [4.69, 9.17) is 4.98 Å². The average Bonchev–Trinajstić information content (AvgIpc) is 2.47. The predicted molar refractivity (Wildman–Crippen MR) is 66.4 cm³/mol. The van der Waals surface area contributed by atoms with Crippen LogP contribution in [0.15, 0.2) is 0 Å². The van der Waals surface area contributed by atoms with Gasteiger partial charge in [0.25, 0.3) is 0 Å². The molecular formula is C11H21N3S. The second kappa shape index (κ2) is 5.58. The summed E-state index contributed by atoms with van der Waals surface area (Å²) in [7, 11) is 6.14. The van der Waals surface area contributed by atoms with E-state index in [0.29, 0.717) is 5.92 Å². The molecule has 0 unspecified atom stereocenters. The zero-order chi connectivity index (χ0) is 11.4. The third-order valence-electron chi connectivity index (χ3n) is 2.11. The van der Waals surface area contributed by atoms with E-state index in [9.17, 15) is 0 Å². The third kappa shape index (κ3) is 3.55. The van der Waals surface area contributed by atoms with E-state index in [1.165, 1.54) is 15.6 Å². The topological polar surface area (TPSA) is 28.2 Å². The molecular weight excluding hydrogens is 206 g/mol. The summed E-state index contributed by atoms with van der Waals surface area (Å²) in [6, 6.07) is 0. The summed E-state index contributed by atoms with van der Waals surface area (Å²) in [4.78, 5) is 8.24. The Kier molecular flexibility index (Phi) is 4.70. The average molecular weight is 227 g/mol. The van der Waals surface area contributed by atoms with Gasteiger partial charge in [-0.3, -0.25) is 0 Å². The van der Waals surface area contributed by atoms with E-state index in [2.05, 4.69) is 38.2 Å². The van der Waals surface area contributed by atoms with Gasteiger partial charge in [-0.25, -0.2) is 4.98 Å². The molecule has 86 valence electrons. The van der Waals surface area contributed by atoms with Gasteiger partial charge in [0.15, 0.2) is 0 Å². The van der Waals surface area contributed by atoms with Crippen LogP contribution in [0, 0.1) is 0 Å². The van der Waals surface area contributed by atoms with Crippen molar-refractivity contribution in [3.8, 4) is 0 Å². The van der Waals surface area contributed by atoms with Gasteiger partial charge in [0.05, 0.1) is 5.69 Å². The minimum atomic E-state index is 0.514. The lowest BCUT2D eigenvalue weighted by atomic mass is 10.1. The fraction of sp³-hybridized carbons (Fsp3) is 0.727. The maximum atomic E-state index is 4.71. The van der Waals surface area contributed by atoms with Crippen molar-refractivity contribution in [3.63, 3.8) is 0 Å². The van der Waals surface area contributed by atoms with Crippen LogP contribution in [0.25, 0.3) is 0 Å². The second-order valence-electron chi connectivity index (χ2n) is 4.34. The van der Waals surface area contributed by atoms with E-state index >= 15 is 0 Å². The van der Waals surface area contributed by atoms with E-state index in [0.717, 1.165) is 13.1 Å². The zero-order valence-corrected chi connectivity index (χ0v) is 11.1. The highest BCUT2D eigenvalue weighted by Crippen LogP contribution is 2.25. The molecule has 0 aromatic carbocycles. The number of thiazole rings is 1. The van der Waals surface area contributed by atoms with Crippen LogP contribution >= 0.6 is 11.3 Å². The minimum absolute atomic E-state index is 0.514. The Morgan fingerprint density at radius 1 is 1.40 bits per heavy atom. The van der Waals surface area contributed by atoms with E-state index in [1.807, 2.05) is 18.4 Å². The molecule has 1 rings (SSSR count). The molecule has 1 aromatic rings. The highest BCUT2D eigenvalue weighted by molar-refractivity contribution is 7.11. The molecule has 0 saturated carbocycles. The molecule has 0 bridgehead atoms. The van der Waals surface area contributed by atoms with Crippen LogP contribution in [0.3, 0.4) is 0 Å². The molecule has 0 aliphatic carbocycles. The van der Waals surface area contributed by atoms with Crippen LogP contribution in [0.1, 0.15) is 35.3 Å². The van der Waals surface area contributed by atoms with Gasteiger partial charge in [-0.15, -0.1) is 11.3 Å². The summed E-state index contributed by atoms with van der Waals surface area (Å²) < 4.78 is 0. The maximum absolute atomic E-state index is 4.71.